The molecule has 10 heteroatoms. The van der Waals surface area contributed by atoms with Gasteiger partial charge in [-0.05, 0) is 47.9 Å². The Morgan fingerprint density at radius 3 is 2.47 bits per heavy atom. The van der Waals surface area contributed by atoms with E-state index in [-0.39, 0.29) is 17.3 Å². The molecular weight excluding hydrogens is 505 g/mol. The predicted molar refractivity (Wildman–Crippen MR) is 134 cm³/mol. The number of hydrogen-bond donors (Lipinski definition) is 1. The summed E-state index contributed by atoms with van der Waals surface area (Å²) in [6, 6.07) is 13.7. The van der Waals surface area contributed by atoms with E-state index in [2.05, 4.69) is 9.97 Å². The van der Waals surface area contributed by atoms with Crippen LogP contribution in [0, 0.1) is 5.82 Å². The van der Waals surface area contributed by atoms with Gasteiger partial charge in [0.15, 0.2) is 4.90 Å². The third kappa shape index (κ3) is 5.32. The maximum atomic E-state index is 13.5. The van der Waals surface area contributed by atoms with Crippen LogP contribution in [-0.4, -0.2) is 28.1 Å². The molecule has 4 aromatic rings. The van der Waals surface area contributed by atoms with Gasteiger partial charge in [0.25, 0.3) is 5.56 Å². The molecule has 0 saturated heterocycles. The van der Waals surface area contributed by atoms with Gasteiger partial charge in [0, 0.05) is 23.2 Å². The van der Waals surface area contributed by atoms with Gasteiger partial charge in [-0.1, -0.05) is 49.2 Å². The fraction of sp³-hybridized carbons (Fsp3) is 0.192. The number of rotatable bonds is 8. The number of aromatic nitrogens is 3. The quantitative estimate of drug-likeness (QED) is 0.345. The second kappa shape index (κ2) is 10.6. The smallest absolute Gasteiger partial charge is 0.296 e. The molecule has 2 heterocycles. The van der Waals surface area contributed by atoms with Crippen molar-refractivity contribution in [2.75, 3.05) is 0 Å². The lowest BCUT2D eigenvalue weighted by molar-refractivity contribution is 0.388. The molecule has 0 bridgehead atoms. The molecule has 0 fully saturated rings. The number of pyridine rings is 1. The van der Waals surface area contributed by atoms with Crippen molar-refractivity contribution >= 4 is 21.4 Å². The van der Waals surface area contributed by atoms with Crippen LogP contribution in [0.15, 0.2) is 81.6 Å². The minimum atomic E-state index is -4.43. The van der Waals surface area contributed by atoms with E-state index in [4.69, 9.17) is 11.6 Å². The van der Waals surface area contributed by atoms with E-state index in [1.807, 2.05) is 6.92 Å². The second-order valence-electron chi connectivity index (χ2n) is 8.23. The Hall–Kier alpha value is -3.56. The van der Waals surface area contributed by atoms with E-state index < -0.39 is 32.0 Å². The first-order valence-electron chi connectivity index (χ1n) is 11.2. The summed E-state index contributed by atoms with van der Waals surface area (Å²) in [4.78, 5) is 19.7. The lowest BCUT2D eigenvalue weighted by Gasteiger charge is -2.17. The molecule has 36 heavy (non-hydrogen) atoms. The molecule has 0 atom stereocenters. The van der Waals surface area contributed by atoms with Crippen LogP contribution >= 0.6 is 11.6 Å². The van der Waals surface area contributed by atoms with Gasteiger partial charge in [0.2, 0.25) is 15.7 Å². The summed E-state index contributed by atoms with van der Waals surface area (Å²) in [6.45, 7) is 2.05. The zero-order valence-corrected chi connectivity index (χ0v) is 20.9. The number of sulfone groups is 1. The van der Waals surface area contributed by atoms with Crippen LogP contribution in [0.2, 0.25) is 5.02 Å². The summed E-state index contributed by atoms with van der Waals surface area (Å²) >= 11 is 6.09. The largest absolute Gasteiger partial charge is 0.493 e. The number of aryl methyl sites for hydroxylation is 1. The van der Waals surface area contributed by atoms with E-state index in [1.54, 1.807) is 24.3 Å². The third-order valence-corrected chi connectivity index (χ3v) is 7.67. The van der Waals surface area contributed by atoms with Gasteiger partial charge < -0.3 is 5.11 Å². The fourth-order valence-corrected chi connectivity index (χ4v) is 5.40. The van der Waals surface area contributed by atoms with Crippen LogP contribution < -0.4 is 5.56 Å². The normalized spacial score (nSPS) is 11.5. The number of hydrogen-bond acceptors (Lipinski definition) is 6. The van der Waals surface area contributed by atoms with Crippen LogP contribution in [0.1, 0.15) is 31.2 Å². The van der Waals surface area contributed by atoms with Crippen molar-refractivity contribution in [3.05, 3.63) is 99.6 Å². The van der Waals surface area contributed by atoms with Gasteiger partial charge in [-0.3, -0.25) is 14.3 Å². The highest BCUT2D eigenvalue weighted by Crippen LogP contribution is 2.29. The molecule has 7 nitrogen and oxygen atoms in total. The zero-order chi connectivity index (χ0) is 25.9. The third-order valence-electron chi connectivity index (χ3n) is 5.65. The molecule has 0 aliphatic carbocycles. The van der Waals surface area contributed by atoms with Gasteiger partial charge in [-0.25, -0.2) is 12.8 Å². The van der Waals surface area contributed by atoms with Gasteiger partial charge in [0.1, 0.15) is 11.6 Å². The van der Waals surface area contributed by atoms with Crippen molar-refractivity contribution in [3.8, 4) is 17.0 Å². The molecule has 1 N–H and O–H groups in total. The minimum Gasteiger partial charge on any atom is -0.493 e. The zero-order valence-electron chi connectivity index (χ0n) is 19.4. The maximum absolute atomic E-state index is 13.5. The van der Waals surface area contributed by atoms with Crippen molar-refractivity contribution in [2.45, 2.75) is 42.5 Å². The monoisotopic (exact) mass is 527 g/mol. The highest BCUT2D eigenvalue weighted by molar-refractivity contribution is 7.91. The molecule has 0 saturated carbocycles. The summed E-state index contributed by atoms with van der Waals surface area (Å²) in [7, 11) is -4.43. The van der Waals surface area contributed by atoms with Crippen molar-refractivity contribution in [3.63, 3.8) is 0 Å². The Morgan fingerprint density at radius 1 is 1.06 bits per heavy atom. The molecule has 0 aliphatic rings. The van der Waals surface area contributed by atoms with Crippen molar-refractivity contribution < 1.29 is 17.9 Å². The van der Waals surface area contributed by atoms with E-state index >= 15 is 0 Å². The van der Waals surface area contributed by atoms with E-state index in [0.29, 0.717) is 34.6 Å². The molecule has 4 rings (SSSR count). The number of benzene rings is 2. The Bertz CT molecular complexity index is 1570. The Morgan fingerprint density at radius 2 is 1.81 bits per heavy atom. The van der Waals surface area contributed by atoms with Crippen LogP contribution in [-0.2, 0) is 22.8 Å². The van der Waals surface area contributed by atoms with Crippen LogP contribution in [0.3, 0.4) is 0 Å². The fourth-order valence-electron chi connectivity index (χ4n) is 3.83. The van der Waals surface area contributed by atoms with Crippen molar-refractivity contribution in [2.24, 2.45) is 0 Å². The Labute approximate surface area is 212 Å². The first-order chi connectivity index (χ1) is 17.2. The summed E-state index contributed by atoms with van der Waals surface area (Å²) < 4.78 is 41.8. The molecular formula is C26H23ClFN3O4S. The standard InChI is InChI=1S/C26H23ClFN3O4S/c1-2-3-7-23-30-25(32)24(26(33)31(23)16-17-5-4-6-20(27)12-17)36(34,35)22-10-8-18(9-11-22)19-13-21(28)15-29-14-19/h4-6,8-15,33H,2-3,7,16H2,1H3. The average molecular weight is 528 g/mol. The lowest BCUT2D eigenvalue weighted by Crippen LogP contribution is -2.25. The number of aromatic hydroxyl groups is 1. The number of nitrogens with zero attached hydrogens (tertiary/aromatic N) is 3. The molecule has 0 aliphatic heterocycles. The Balaban J connectivity index is 1.79. The molecule has 0 unspecified atom stereocenters. The second-order valence-corrected chi connectivity index (χ2v) is 10.5. The minimum absolute atomic E-state index is 0.0761. The molecule has 2 aromatic carbocycles. The predicted octanol–water partition coefficient (Wildman–Crippen LogP) is 5.03. The summed E-state index contributed by atoms with van der Waals surface area (Å²) in [5, 5.41) is 11.6. The molecule has 0 amide bonds. The van der Waals surface area contributed by atoms with E-state index in [0.717, 1.165) is 12.6 Å². The first-order valence-corrected chi connectivity index (χ1v) is 13.1. The van der Waals surface area contributed by atoms with Gasteiger partial charge in [-0.2, -0.15) is 4.98 Å². The summed E-state index contributed by atoms with van der Waals surface area (Å²) in [5.41, 5.74) is 0.681. The number of halogens is 2. The molecule has 0 spiro atoms. The van der Waals surface area contributed by atoms with Crippen LogP contribution in [0.5, 0.6) is 5.88 Å². The number of unbranched alkanes of at least 4 members (excludes halogenated alkanes) is 1. The average Bonchev–Trinajstić information content (AvgIpc) is 2.84. The summed E-state index contributed by atoms with van der Waals surface area (Å²) in [5.74, 6) is -0.921. The molecule has 2 aromatic heterocycles. The van der Waals surface area contributed by atoms with Crippen molar-refractivity contribution in [1.82, 2.24) is 14.5 Å². The van der Waals surface area contributed by atoms with Gasteiger partial charge in [0.05, 0.1) is 17.6 Å². The lowest BCUT2D eigenvalue weighted by atomic mass is 10.1. The van der Waals surface area contributed by atoms with Crippen LogP contribution in [0.25, 0.3) is 11.1 Å². The van der Waals surface area contributed by atoms with Gasteiger partial charge in [-0.15, -0.1) is 0 Å². The SMILES string of the molecule is CCCCc1nc(=O)c(S(=O)(=O)c2ccc(-c3cncc(F)c3)cc2)c(O)n1Cc1cccc(Cl)c1. The van der Waals surface area contributed by atoms with Gasteiger partial charge >= 0.3 is 0 Å². The maximum Gasteiger partial charge on any atom is 0.296 e. The molecule has 186 valence electrons. The Kier molecular flexibility index (Phi) is 7.51. The van der Waals surface area contributed by atoms with E-state index in [1.165, 1.54) is 41.1 Å². The first kappa shape index (κ1) is 25.5. The van der Waals surface area contributed by atoms with E-state index in [9.17, 15) is 22.7 Å². The highest BCUT2D eigenvalue weighted by Gasteiger charge is 2.29. The molecule has 0 radical (unpaired) electrons. The highest BCUT2D eigenvalue weighted by atomic mass is 35.5. The summed E-state index contributed by atoms with van der Waals surface area (Å²) in [6.07, 6.45) is 4.42. The van der Waals surface area contributed by atoms with Crippen LogP contribution in [0.4, 0.5) is 4.39 Å². The topological polar surface area (TPSA) is 102 Å². The van der Waals surface area contributed by atoms with Crippen molar-refractivity contribution in [1.29, 1.82) is 0 Å².